The number of ether oxygens (including phenoxy) is 1. The van der Waals surface area contributed by atoms with Crippen molar-refractivity contribution in [3.8, 4) is 5.75 Å². The molecule has 0 bridgehead atoms. The predicted octanol–water partition coefficient (Wildman–Crippen LogP) is 3.40. The van der Waals surface area contributed by atoms with Crippen molar-refractivity contribution in [2.75, 3.05) is 25.2 Å². The lowest BCUT2D eigenvalue weighted by Gasteiger charge is -2.29. The van der Waals surface area contributed by atoms with Crippen molar-refractivity contribution in [3.05, 3.63) is 58.5 Å². The molecule has 1 aliphatic heterocycles. The van der Waals surface area contributed by atoms with Crippen LogP contribution in [0.4, 0.5) is 18.9 Å². The number of benzene rings is 1. The number of amides is 1. The summed E-state index contributed by atoms with van der Waals surface area (Å²) in [6, 6.07) is 8.41. The Bertz CT molecular complexity index is 1460. The molecule has 15 heteroatoms. The lowest BCUT2D eigenvalue weighted by Crippen LogP contribution is -2.46. The summed E-state index contributed by atoms with van der Waals surface area (Å²) in [4.78, 5) is 17.5. The molecule has 3 heterocycles. The van der Waals surface area contributed by atoms with E-state index in [1.54, 1.807) is 40.9 Å². The van der Waals surface area contributed by atoms with Gasteiger partial charge in [0, 0.05) is 12.6 Å². The number of hydrazone groups is 1. The van der Waals surface area contributed by atoms with Gasteiger partial charge in [0.05, 0.1) is 42.8 Å². The van der Waals surface area contributed by atoms with E-state index in [-0.39, 0.29) is 23.3 Å². The fourth-order valence-electron chi connectivity index (χ4n) is 3.72. The smallest absolute Gasteiger partial charge is 0.494 e. The number of fused-ring (bicyclic) bond motifs is 1. The monoisotopic (exact) mass is 558 g/mol. The van der Waals surface area contributed by atoms with Crippen LogP contribution in [0.5, 0.6) is 5.75 Å². The van der Waals surface area contributed by atoms with E-state index < -0.39 is 22.1 Å². The molecule has 0 spiro atoms. The van der Waals surface area contributed by atoms with Crippen LogP contribution in [0.3, 0.4) is 0 Å². The third-order valence-electron chi connectivity index (χ3n) is 5.66. The molecule has 0 fully saturated rings. The fraction of sp³-hybridized carbons (Fsp3) is 0.318. The van der Waals surface area contributed by atoms with Gasteiger partial charge in [0.2, 0.25) is 0 Å². The van der Waals surface area contributed by atoms with Gasteiger partial charge in [0.25, 0.3) is 5.91 Å². The Labute approximate surface area is 215 Å². The molecule has 198 valence electrons. The van der Waals surface area contributed by atoms with E-state index in [0.717, 1.165) is 5.56 Å². The van der Waals surface area contributed by atoms with Crippen LogP contribution in [0.1, 0.15) is 28.7 Å². The van der Waals surface area contributed by atoms with Gasteiger partial charge in [-0.25, -0.2) is 9.29 Å². The molecule has 1 amide bonds. The number of rotatable bonds is 7. The summed E-state index contributed by atoms with van der Waals surface area (Å²) >= 11 is 6.18. The van der Waals surface area contributed by atoms with Gasteiger partial charge in [0.1, 0.15) is 17.7 Å². The largest absolute Gasteiger partial charge is 0.516 e. The molecule has 1 N–H and O–H groups in total. The number of aryl methyl sites for hydroxylation is 1. The Balaban J connectivity index is 1.44. The van der Waals surface area contributed by atoms with Gasteiger partial charge >= 0.3 is 15.5 Å². The Kier molecular flexibility index (Phi) is 7.24. The van der Waals surface area contributed by atoms with Crippen molar-refractivity contribution in [2.24, 2.45) is 5.10 Å². The zero-order valence-electron chi connectivity index (χ0n) is 19.7. The number of imidazole rings is 1. The van der Waals surface area contributed by atoms with Gasteiger partial charge < -0.3 is 10.1 Å². The van der Waals surface area contributed by atoms with Gasteiger partial charge in [-0.15, -0.1) is 0 Å². The molecular weight excluding hydrogens is 537 g/mol. The quantitative estimate of drug-likeness (QED) is 0.476. The van der Waals surface area contributed by atoms with Gasteiger partial charge in [0.15, 0.2) is 5.75 Å². The fourth-order valence-corrected chi connectivity index (χ4v) is 4.70. The zero-order chi connectivity index (χ0) is 27.0. The van der Waals surface area contributed by atoms with Crippen LogP contribution >= 0.6 is 11.6 Å². The van der Waals surface area contributed by atoms with Crippen molar-refractivity contribution >= 4 is 45.2 Å². The molecule has 3 aromatic rings. The normalized spacial score (nSPS) is 14.3. The molecule has 0 unspecified atom stereocenters. The summed E-state index contributed by atoms with van der Waals surface area (Å²) in [7, 11) is -4.00. The molecule has 1 aliphatic rings. The minimum absolute atomic E-state index is 0.0660. The molecule has 0 aliphatic carbocycles. The average Bonchev–Trinajstić information content (AvgIpc) is 3.23. The molecule has 0 saturated heterocycles. The number of hydrogen-bond acceptors (Lipinski definition) is 7. The molecule has 2 aromatic heterocycles. The third-order valence-corrected chi connectivity index (χ3v) is 7.43. The second-order valence-corrected chi connectivity index (χ2v) is 10.2. The molecule has 4 rings (SSSR count). The second kappa shape index (κ2) is 10.1. The van der Waals surface area contributed by atoms with E-state index in [2.05, 4.69) is 15.4 Å². The first kappa shape index (κ1) is 26.5. The SMILES string of the molecule is CCc1nc2cc(Cl)c(OC)cn2c1C(=O)NCc1ccc(N2CCN(S(=O)(=O)C(F)(F)F)C=N2)cc1. The van der Waals surface area contributed by atoms with E-state index >= 15 is 0 Å². The van der Waals surface area contributed by atoms with Gasteiger partial charge in [-0.1, -0.05) is 30.7 Å². The predicted molar refractivity (Wildman–Crippen MR) is 131 cm³/mol. The number of halogens is 4. The van der Waals surface area contributed by atoms with Crippen LogP contribution in [0.2, 0.25) is 5.02 Å². The van der Waals surface area contributed by atoms with Crippen LogP contribution < -0.4 is 15.1 Å². The molecule has 10 nitrogen and oxygen atoms in total. The molecule has 37 heavy (non-hydrogen) atoms. The van der Waals surface area contributed by atoms with Crippen LogP contribution in [0.15, 0.2) is 41.6 Å². The number of nitrogens with one attached hydrogen (secondary N) is 1. The Morgan fingerprint density at radius 2 is 1.92 bits per heavy atom. The number of hydrogen-bond donors (Lipinski definition) is 1. The Morgan fingerprint density at radius 1 is 1.22 bits per heavy atom. The van der Waals surface area contributed by atoms with E-state index in [4.69, 9.17) is 16.3 Å². The summed E-state index contributed by atoms with van der Waals surface area (Å²) in [5, 5.41) is 8.44. The lowest BCUT2D eigenvalue weighted by molar-refractivity contribution is -0.0471. The number of anilines is 1. The lowest BCUT2D eigenvalue weighted by atomic mass is 10.2. The summed E-state index contributed by atoms with van der Waals surface area (Å²) in [6.45, 7) is 1.61. The zero-order valence-corrected chi connectivity index (χ0v) is 21.2. The number of methoxy groups -OCH3 is 1. The molecule has 0 atom stereocenters. The minimum atomic E-state index is -5.47. The topological polar surface area (TPSA) is 109 Å². The molecule has 0 radical (unpaired) electrons. The van der Waals surface area contributed by atoms with E-state index in [9.17, 15) is 26.4 Å². The number of carbonyl (C=O) groups excluding carboxylic acids is 1. The van der Waals surface area contributed by atoms with Crippen molar-refractivity contribution in [1.29, 1.82) is 0 Å². The maximum absolute atomic E-state index is 13.0. The standard InChI is InChI=1S/C22H22ClF3N6O4S/c1-3-17-20(31-12-18(36-2)16(23)10-19(31)29-17)21(33)27-11-14-4-6-15(7-5-14)32-9-8-30(13-28-32)37(34,35)22(24,25)26/h4-7,10,12-13H,3,8-9,11H2,1-2H3,(H,27,33). The maximum Gasteiger partial charge on any atom is 0.516 e. The average molecular weight is 559 g/mol. The first-order valence-electron chi connectivity index (χ1n) is 11.0. The number of alkyl halides is 3. The summed E-state index contributed by atoms with van der Waals surface area (Å²) in [5.74, 6) is 0.0581. The Hall–Kier alpha value is -3.52. The highest BCUT2D eigenvalue weighted by Crippen LogP contribution is 2.28. The van der Waals surface area contributed by atoms with Crippen molar-refractivity contribution < 1.29 is 31.1 Å². The Morgan fingerprint density at radius 3 is 2.49 bits per heavy atom. The summed E-state index contributed by atoms with van der Waals surface area (Å²) in [5.41, 5.74) is -2.61. The number of aromatic nitrogens is 2. The highest BCUT2D eigenvalue weighted by atomic mass is 35.5. The van der Waals surface area contributed by atoms with Crippen molar-refractivity contribution in [3.63, 3.8) is 0 Å². The highest BCUT2D eigenvalue weighted by molar-refractivity contribution is 7.90. The van der Waals surface area contributed by atoms with Gasteiger partial charge in [-0.05, 0) is 24.1 Å². The maximum atomic E-state index is 13.0. The van der Waals surface area contributed by atoms with Crippen LogP contribution in [-0.4, -0.2) is 60.1 Å². The third kappa shape index (κ3) is 5.16. The van der Waals surface area contributed by atoms with E-state index in [0.29, 0.717) is 46.3 Å². The number of sulfonamides is 1. The molecule has 1 aromatic carbocycles. The number of nitrogens with zero attached hydrogens (tertiary/aromatic N) is 5. The van der Waals surface area contributed by atoms with Gasteiger partial charge in [-0.3, -0.25) is 14.2 Å². The first-order chi connectivity index (χ1) is 17.5. The van der Waals surface area contributed by atoms with E-state index in [1.165, 1.54) is 12.1 Å². The second-order valence-electron chi connectivity index (χ2n) is 7.94. The number of carbonyl (C=O) groups is 1. The highest BCUT2D eigenvalue weighted by Gasteiger charge is 2.50. The molecular formula is C22H22ClF3N6O4S. The van der Waals surface area contributed by atoms with Crippen LogP contribution in [-0.2, 0) is 23.0 Å². The summed E-state index contributed by atoms with van der Waals surface area (Å²) < 4.78 is 68.2. The van der Waals surface area contributed by atoms with Crippen LogP contribution in [0, 0.1) is 0 Å². The first-order valence-corrected chi connectivity index (χ1v) is 12.8. The van der Waals surface area contributed by atoms with Crippen molar-refractivity contribution in [1.82, 2.24) is 19.0 Å². The van der Waals surface area contributed by atoms with Crippen molar-refractivity contribution in [2.45, 2.75) is 25.4 Å². The van der Waals surface area contributed by atoms with Gasteiger partial charge in [-0.2, -0.15) is 26.7 Å². The van der Waals surface area contributed by atoms with E-state index in [1.807, 2.05) is 6.92 Å². The molecule has 0 saturated carbocycles. The number of pyridine rings is 1. The summed E-state index contributed by atoms with van der Waals surface area (Å²) in [6.07, 6.45) is 2.77. The van der Waals surface area contributed by atoms with Crippen LogP contribution in [0.25, 0.3) is 5.65 Å². The minimum Gasteiger partial charge on any atom is -0.494 e.